The molecular formula is C30H54O5. The van der Waals surface area contributed by atoms with Crippen LogP contribution in [0.15, 0.2) is 23.3 Å². The smallest absolute Gasteiger partial charge is 0.306 e. The second kappa shape index (κ2) is 15.8. The fourth-order valence-electron chi connectivity index (χ4n) is 5.12. The molecule has 3 N–H and O–H groups in total. The van der Waals surface area contributed by atoms with E-state index < -0.39 is 11.6 Å². The summed E-state index contributed by atoms with van der Waals surface area (Å²) in [6, 6.07) is 0. The summed E-state index contributed by atoms with van der Waals surface area (Å²) < 4.78 is 6.04. The fourth-order valence-corrected chi connectivity index (χ4v) is 5.12. The monoisotopic (exact) mass is 494 g/mol. The highest BCUT2D eigenvalue weighted by molar-refractivity contribution is 5.69. The lowest BCUT2D eigenvalue weighted by Gasteiger charge is -2.37. The molecule has 35 heavy (non-hydrogen) atoms. The summed E-state index contributed by atoms with van der Waals surface area (Å²) in [5.74, 6) is 0.0768. The van der Waals surface area contributed by atoms with Gasteiger partial charge >= 0.3 is 5.97 Å². The maximum Gasteiger partial charge on any atom is 0.306 e. The van der Waals surface area contributed by atoms with E-state index in [2.05, 4.69) is 33.8 Å². The van der Waals surface area contributed by atoms with Gasteiger partial charge in [0.1, 0.15) is 0 Å². The second-order valence-electron chi connectivity index (χ2n) is 11.6. The predicted octanol–water partition coefficient (Wildman–Crippen LogP) is 6.92. The van der Waals surface area contributed by atoms with Gasteiger partial charge in [-0.05, 0) is 95.5 Å². The maximum atomic E-state index is 10.9. The van der Waals surface area contributed by atoms with Crippen molar-refractivity contribution in [2.45, 2.75) is 130 Å². The molecule has 0 amide bonds. The molecule has 1 aliphatic rings. The van der Waals surface area contributed by atoms with Crippen LogP contribution in [0.2, 0.25) is 0 Å². The maximum absolute atomic E-state index is 10.9. The number of carbonyl (C=O) groups is 1. The summed E-state index contributed by atoms with van der Waals surface area (Å²) in [6.45, 7) is 15.1. The molecule has 0 saturated carbocycles. The molecule has 7 unspecified atom stereocenters. The average molecular weight is 495 g/mol. The van der Waals surface area contributed by atoms with Crippen molar-refractivity contribution in [2.75, 3.05) is 6.61 Å². The zero-order valence-corrected chi connectivity index (χ0v) is 23.6. The standard InChI is InChI=1S/C30H54O5/c1-8-35-28-25(6)24(5)27(31)20-26(28)17-16-22(3)14-11-19-30(7,34)18-10-13-21(2)12-9-15-23(4)29(32)33/h12,20,22-25,27-28,31,34H,8-11,13-19H2,1-7H3,(H,32,33). The van der Waals surface area contributed by atoms with E-state index >= 15 is 0 Å². The summed E-state index contributed by atoms with van der Waals surface area (Å²) in [7, 11) is 0. The second-order valence-corrected chi connectivity index (χ2v) is 11.6. The molecule has 0 aromatic carbocycles. The zero-order chi connectivity index (χ0) is 26.6. The highest BCUT2D eigenvalue weighted by Gasteiger charge is 2.34. The molecule has 0 radical (unpaired) electrons. The van der Waals surface area contributed by atoms with Gasteiger partial charge in [-0.15, -0.1) is 0 Å². The molecule has 0 aliphatic heterocycles. The van der Waals surface area contributed by atoms with Crippen molar-refractivity contribution in [1.82, 2.24) is 0 Å². The summed E-state index contributed by atoms with van der Waals surface area (Å²) in [5.41, 5.74) is 1.90. The SMILES string of the molecule is CCOC1C(CCC(C)CCCC(C)(O)CCCC(C)=CCCC(C)C(=O)O)=CC(O)C(C)C1C. The van der Waals surface area contributed by atoms with Crippen molar-refractivity contribution in [3.05, 3.63) is 23.3 Å². The van der Waals surface area contributed by atoms with Crippen LogP contribution in [0, 0.1) is 23.7 Å². The van der Waals surface area contributed by atoms with Gasteiger partial charge < -0.3 is 20.1 Å². The Morgan fingerprint density at radius 2 is 1.80 bits per heavy atom. The van der Waals surface area contributed by atoms with Crippen LogP contribution < -0.4 is 0 Å². The van der Waals surface area contributed by atoms with Crippen LogP contribution in [-0.2, 0) is 9.53 Å². The number of hydrogen-bond acceptors (Lipinski definition) is 4. The van der Waals surface area contributed by atoms with Crippen molar-refractivity contribution < 1.29 is 24.9 Å². The summed E-state index contributed by atoms with van der Waals surface area (Å²) >= 11 is 0. The molecule has 5 heteroatoms. The Hall–Kier alpha value is -1.17. The third-order valence-corrected chi connectivity index (χ3v) is 8.08. The van der Waals surface area contributed by atoms with Crippen molar-refractivity contribution in [1.29, 1.82) is 0 Å². The van der Waals surface area contributed by atoms with Gasteiger partial charge in [0.05, 0.1) is 23.7 Å². The van der Waals surface area contributed by atoms with Crippen LogP contribution in [0.1, 0.15) is 113 Å². The van der Waals surface area contributed by atoms with Gasteiger partial charge in [-0.3, -0.25) is 4.79 Å². The third kappa shape index (κ3) is 12.1. The van der Waals surface area contributed by atoms with E-state index in [9.17, 15) is 15.0 Å². The molecule has 0 spiro atoms. The minimum Gasteiger partial charge on any atom is -0.481 e. The number of allylic oxidation sites excluding steroid dienone is 2. The highest BCUT2D eigenvalue weighted by Crippen LogP contribution is 2.35. The van der Waals surface area contributed by atoms with E-state index in [1.165, 1.54) is 11.1 Å². The number of carboxylic acids is 1. The molecule has 0 heterocycles. The number of hydrogen-bond donors (Lipinski definition) is 3. The Labute approximate surface area is 215 Å². The molecular weight excluding hydrogens is 440 g/mol. The molecule has 7 atom stereocenters. The van der Waals surface area contributed by atoms with E-state index in [4.69, 9.17) is 9.84 Å². The average Bonchev–Trinajstić information content (AvgIpc) is 2.77. The lowest BCUT2D eigenvalue weighted by Crippen LogP contribution is -2.39. The number of aliphatic hydroxyl groups excluding tert-OH is 1. The van der Waals surface area contributed by atoms with Gasteiger partial charge in [0, 0.05) is 6.61 Å². The molecule has 0 aromatic rings. The normalized spacial score (nSPS) is 26.7. The molecule has 5 nitrogen and oxygen atoms in total. The first kappa shape index (κ1) is 31.9. The van der Waals surface area contributed by atoms with Crippen molar-refractivity contribution in [3.8, 4) is 0 Å². The van der Waals surface area contributed by atoms with E-state index in [0.29, 0.717) is 24.9 Å². The minimum atomic E-state index is -0.731. The van der Waals surface area contributed by atoms with E-state index in [-0.39, 0.29) is 24.0 Å². The van der Waals surface area contributed by atoms with Crippen LogP contribution in [0.5, 0.6) is 0 Å². The number of aliphatic carboxylic acids is 1. The fraction of sp³-hybridized carbons (Fsp3) is 0.833. The van der Waals surface area contributed by atoms with Crippen molar-refractivity contribution in [2.24, 2.45) is 23.7 Å². The summed E-state index contributed by atoms with van der Waals surface area (Å²) in [5, 5.41) is 30.2. The quantitative estimate of drug-likeness (QED) is 0.191. The first-order chi connectivity index (χ1) is 16.4. The lowest BCUT2D eigenvalue weighted by atomic mass is 9.76. The van der Waals surface area contributed by atoms with Crippen LogP contribution >= 0.6 is 0 Å². The molecule has 204 valence electrons. The minimum absolute atomic E-state index is 0.115. The van der Waals surface area contributed by atoms with Crippen molar-refractivity contribution >= 4 is 5.97 Å². The number of carboxylic acid groups (broad SMARTS) is 1. The Morgan fingerprint density at radius 1 is 1.14 bits per heavy atom. The molecule has 0 bridgehead atoms. The van der Waals surface area contributed by atoms with Crippen molar-refractivity contribution in [3.63, 3.8) is 0 Å². The van der Waals surface area contributed by atoms with E-state index in [1.807, 2.05) is 19.9 Å². The molecule has 1 aliphatic carbocycles. The lowest BCUT2D eigenvalue weighted by molar-refractivity contribution is -0.141. The number of aliphatic hydroxyl groups is 2. The Morgan fingerprint density at radius 3 is 2.43 bits per heavy atom. The Balaban J connectivity index is 2.34. The first-order valence-electron chi connectivity index (χ1n) is 14.0. The number of rotatable bonds is 17. The Bertz CT molecular complexity index is 680. The topological polar surface area (TPSA) is 87.0 Å². The van der Waals surface area contributed by atoms with Crippen LogP contribution in [0.25, 0.3) is 0 Å². The van der Waals surface area contributed by atoms with Gasteiger partial charge in [-0.2, -0.15) is 0 Å². The highest BCUT2D eigenvalue weighted by atomic mass is 16.5. The van der Waals surface area contributed by atoms with Crippen LogP contribution in [0.3, 0.4) is 0 Å². The third-order valence-electron chi connectivity index (χ3n) is 8.08. The molecule has 0 aromatic heterocycles. The Kier molecular flexibility index (Phi) is 14.4. The summed E-state index contributed by atoms with van der Waals surface area (Å²) in [6.07, 6.45) is 13.0. The van der Waals surface area contributed by atoms with E-state index in [1.54, 1.807) is 6.92 Å². The van der Waals surface area contributed by atoms with E-state index in [0.717, 1.165) is 57.8 Å². The van der Waals surface area contributed by atoms with Gasteiger partial charge in [-0.1, -0.05) is 58.3 Å². The van der Waals surface area contributed by atoms with Gasteiger partial charge in [0.25, 0.3) is 0 Å². The molecule has 0 saturated heterocycles. The first-order valence-corrected chi connectivity index (χ1v) is 14.0. The largest absolute Gasteiger partial charge is 0.481 e. The molecule has 0 fully saturated rings. The summed E-state index contributed by atoms with van der Waals surface area (Å²) in [4.78, 5) is 10.9. The number of ether oxygens (including phenoxy) is 1. The van der Waals surface area contributed by atoms with Gasteiger partial charge in [0.2, 0.25) is 0 Å². The van der Waals surface area contributed by atoms with Gasteiger partial charge in [0.15, 0.2) is 0 Å². The van der Waals surface area contributed by atoms with Crippen LogP contribution in [-0.4, -0.2) is 45.7 Å². The predicted molar refractivity (Wildman–Crippen MR) is 144 cm³/mol. The molecule has 1 rings (SSSR count). The van der Waals surface area contributed by atoms with Gasteiger partial charge in [-0.25, -0.2) is 0 Å². The van der Waals surface area contributed by atoms with Crippen LogP contribution in [0.4, 0.5) is 0 Å². The zero-order valence-electron chi connectivity index (χ0n) is 23.6.